The first kappa shape index (κ1) is 17.5. The van der Waals surface area contributed by atoms with Crippen molar-refractivity contribution in [1.29, 1.82) is 0 Å². The average Bonchev–Trinajstić information content (AvgIpc) is 3.00. The minimum absolute atomic E-state index is 0.0374. The molecule has 0 unspecified atom stereocenters. The summed E-state index contributed by atoms with van der Waals surface area (Å²) in [5, 5.41) is 3.29. The van der Waals surface area contributed by atoms with E-state index in [0.29, 0.717) is 19.7 Å². The predicted octanol–water partition coefficient (Wildman–Crippen LogP) is 3.07. The molecule has 0 radical (unpaired) electrons. The number of hydrogen-bond donors (Lipinski definition) is 1. The van der Waals surface area contributed by atoms with E-state index in [1.807, 2.05) is 60.8 Å². The highest BCUT2D eigenvalue weighted by molar-refractivity contribution is 9.10. The van der Waals surface area contributed by atoms with Gasteiger partial charge in [-0.15, -0.1) is 0 Å². The lowest BCUT2D eigenvalue weighted by molar-refractivity contribution is 0.313. The molecule has 0 spiro atoms. The van der Waals surface area contributed by atoms with Crippen LogP contribution in [0.5, 0.6) is 5.75 Å². The first-order valence-corrected chi connectivity index (χ1v) is 8.95. The molecule has 0 aliphatic heterocycles. The molecule has 0 aliphatic carbocycles. The Labute approximate surface area is 155 Å². The van der Waals surface area contributed by atoms with Gasteiger partial charge in [0.25, 0.3) is 0 Å². The lowest BCUT2D eigenvalue weighted by Crippen LogP contribution is -2.29. The monoisotopic (exact) mass is 401 g/mol. The summed E-state index contributed by atoms with van der Waals surface area (Å²) in [7, 11) is 0. The van der Waals surface area contributed by atoms with Gasteiger partial charge >= 0.3 is 5.69 Å². The summed E-state index contributed by atoms with van der Waals surface area (Å²) in [5.74, 6) is 0.868. The number of nitrogens with one attached hydrogen (secondary N) is 1. The summed E-state index contributed by atoms with van der Waals surface area (Å²) in [6.45, 7) is 2.66. The third kappa shape index (κ3) is 4.84. The fourth-order valence-corrected chi connectivity index (χ4v) is 2.73. The van der Waals surface area contributed by atoms with Crippen LogP contribution in [0.1, 0.15) is 0 Å². The highest BCUT2D eigenvalue weighted by Gasteiger charge is 2.05. The van der Waals surface area contributed by atoms with Gasteiger partial charge in [0.05, 0.1) is 5.69 Å². The molecule has 25 heavy (non-hydrogen) atoms. The molecule has 0 bridgehead atoms. The zero-order valence-corrected chi connectivity index (χ0v) is 15.4. The van der Waals surface area contributed by atoms with Crippen molar-refractivity contribution in [2.75, 3.05) is 19.7 Å². The fraction of sp³-hybridized carbons (Fsp3) is 0.211. The van der Waals surface area contributed by atoms with Gasteiger partial charge in [-0.1, -0.05) is 34.1 Å². The number of benzene rings is 2. The molecular weight excluding hydrogens is 382 g/mol. The van der Waals surface area contributed by atoms with Crippen molar-refractivity contribution in [3.8, 4) is 11.4 Å². The summed E-state index contributed by atoms with van der Waals surface area (Å²) < 4.78 is 9.95. The number of ether oxygens (including phenoxy) is 1. The van der Waals surface area contributed by atoms with Crippen LogP contribution in [0.2, 0.25) is 0 Å². The second-order valence-corrected chi connectivity index (χ2v) is 6.45. The van der Waals surface area contributed by atoms with Gasteiger partial charge in [0.15, 0.2) is 0 Å². The highest BCUT2D eigenvalue weighted by atomic mass is 79.9. The molecule has 0 aliphatic rings. The maximum atomic E-state index is 12.4. The van der Waals surface area contributed by atoms with Crippen LogP contribution in [0.15, 0.2) is 76.3 Å². The molecule has 0 saturated carbocycles. The molecule has 1 aromatic heterocycles. The van der Waals surface area contributed by atoms with E-state index in [1.54, 1.807) is 15.3 Å². The SMILES string of the molecule is O=c1n(CCNCCOc2ccccc2)ccn1-c1ccc(Br)cc1. The highest BCUT2D eigenvalue weighted by Crippen LogP contribution is 2.12. The molecule has 2 aromatic carbocycles. The van der Waals surface area contributed by atoms with Gasteiger partial charge in [0.1, 0.15) is 12.4 Å². The Morgan fingerprint density at radius 3 is 2.48 bits per heavy atom. The normalized spacial score (nSPS) is 10.8. The minimum Gasteiger partial charge on any atom is -0.492 e. The Morgan fingerprint density at radius 2 is 1.72 bits per heavy atom. The molecule has 1 heterocycles. The van der Waals surface area contributed by atoms with Crippen LogP contribution in [0.4, 0.5) is 0 Å². The second kappa shape index (κ2) is 8.69. The first-order valence-electron chi connectivity index (χ1n) is 8.16. The third-order valence-electron chi connectivity index (χ3n) is 3.77. The average molecular weight is 402 g/mol. The zero-order chi connectivity index (χ0) is 17.5. The summed E-state index contributed by atoms with van der Waals surface area (Å²) in [4.78, 5) is 12.4. The number of para-hydroxylation sites is 1. The van der Waals surface area contributed by atoms with Gasteiger partial charge in [0.2, 0.25) is 0 Å². The Balaban J connectivity index is 1.45. The number of hydrogen-bond acceptors (Lipinski definition) is 3. The summed E-state index contributed by atoms with van der Waals surface area (Å²) in [6, 6.07) is 17.4. The van der Waals surface area contributed by atoms with Gasteiger partial charge in [-0.3, -0.25) is 9.13 Å². The molecule has 3 rings (SSSR count). The van der Waals surface area contributed by atoms with E-state index in [1.165, 1.54) is 0 Å². The van der Waals surface area contributed by atoms with Crippen LogP contribution in [0, 0.1) is 0 Å². The Kier molecular flexibility index (Phi) is 6.09. The molecule has 5 nitrogen and oxygen atoms in total. The number of imidazole rings is 1. The number of nitrogens with zero attached hydrogens (tertiary/aromatic N) is 2. The Morgan fingerprint density at radius 1 is 0.960 bits per heavy atom. The smallest absolute Gasteiger partial charge is 0.332 e. The van der Waals surface area contributed by atoms with Crippen molar-refractivity contribution in [1.82, 2.24) is 14.5 Å². The standard InChI is InChI=1S/C19H20BrN3O2/c20-16-6-8-17(9-7-16)23-14-13-22(19(23)24)12-10-21-11-15-25-18-4-2-1-3-5-18/h1-9,13-14,21H,10-12,15H2. The molecule has 0 atom stereocenters. The molecule has 0 saturated heterocycles. The number of aromatic nitrogens is 2. The Bertz CT molecular complexity index is 841. The van der Waals surface area contributed by atoms with Crippen LogP contribution >= 0.6 is 15.9 Å². The molecule has 6 heteroatoms. The molecule has 130 valence electrons. The Hall–Kier alpha value is -2.31. The molecule has 3 aromatic rings. The van der Waals surface area contributed by atoms with Gasteiger partial charge in [-0.25, -0.2) is 4.79 Å². The van der Waals surface area contributed by atoms with Gasteiger partial charge in [-0.05, 0) is 36.4 Å². The minimum atomic E-state index is -0.0374. The van der Waals surface area contributed by atoms with Crippen LogP contribution in [-0.4, -0.2) is 28.8 Å². The maximum absolute atomic E-state index is 12.4. The fourth-order valence-electron chi connectivity index (χ4n) is 2.46. The number of halogens is 1. The molecule has 1 N–H and O–H groups in total. The quantitative estimate of drug-likeness (QED) is 0.590. The lowest BCUT2D eigenvalue weighted by atomic mass is 10.3. The third-order valence-corrected chi connectivity index (χ3v) is 4.30. The second-order valence-electron chi connectivity index (χ2n) is 5.53. The van der Waals surface area contributed by atoms with Gasteiger partial charge < -0.3 is 10.1 Å². The van der Waals surface area contributed by atoms with Crippen LogP contribution in [0.25, 0.3) is 5.69 Å². The summed E-state index contributed by atoms with van der Waals surface area (Å²) in [5.41, 5.74) is 0.820. The van der Waals surface area contributed by atoms with E-state index >= 15 is 0 Å². The van der Waals surface area contributed by atoms with Gasteiger partial charge in [0, 0.05) is 36.5 Å². The largest absolute Gasteiger partial charge is 0.492 e. The van der Waals surface area contributed by atoms with E-state index in [4.69, 9.17) is 4.74 Å². The topological polar surface area (TPSA) is 48.2 Å². The molecule has 0 fully saturated rings. The number of rotatable bonds is 8. The van der Waals surface area contributed by atoms with Crippen molar-refractivity contribution < 1.29 is 4.74 Å². The van der Waals surface area contributed by atoms with E-state index < -0.39 is 0 Å². The van der Waals surface area contributed by atoms with Crippen LogP contribution in [-0.2, 0) is 6.54 Å². The van der Waals surface area contributed by atoms with Crippen molar-refractivity contribution in [3.63, 3.8) is 0 Å². The van der Waals surface area contributed by atoms with Crippen LogP contribution in [0.3, 0.4) is 0 Å². The summed E-state index contributed by atoms with van der Waals surface area (Å²) in [6.07, 6.45) is 3.61. The van der Waals surface area contributed by atoms with Crippen molar-refractivity contribution >= 4 is 15.9 Å². The van der Waals surface area contributed by atoms with E-state index in [0.717, 1.165) is 22.5 Å². The molecular formula is C19H20BrN3O2. The predicted molar refractivity (Wildman–Crippen MR) is 103 cm³/mol. The molecule has 0 amide bonds. The van der Waals surface area contributed by atoms with E-state index in [-0.39, 0.29) is 5.69 Å². The van der Waals surface area contributed by atoms with E-state index in [9.17, 15) is 4.79 Å². The van der Waals surface area contributed by atoms with Crippen molar-refractivity contribution in [3.05, 3.63) is 81.9 Å². The summed E-state index contributed by atoms with van der Waals surface area (Å²) >= 11 is 3.40. The van der Waals surface area contributed by atoms with Crippen molar-refractivity contribution in [2.45, 2.75) is 6.54 Å². The van der Waals surface area contributed by atoms with Crippen LogP contribution < -0.4 is 15.7 Å². The van der Waals surface area contributed by atoms with Crippen molar-refractivity contribution in [2.24, 2.45) is 0 Å². The zero-order valence-electron chi connectivity index (χ0n) is 13.8. The lowest BCUT2D eigenvalue weighted by Gasteiger charge is -2.07. The van der Waals surface area contributed by atoms with Gasteiger partial charge in [-0.2, -0.15) is 0 Å². The first-order chi connectivity index (χ1) is 12.2. The van der Waals surface area contributed by atoms with E-state index in [2.05, 4.69) is 21.2 Å². The maximum Gasteiger partial charge on any atom is 0.332 e.